The SMILES string of the molecule is CCOc1cc(O)c(-c2c/c(=N\c3c(C)cc(C)cc3C)n(CCN)c(=O)[nH]2)cc1OC. The van der Waals surface area contributed by atoms with Crippen LogP contribution in [0.3, 0.4) is 0 Å². The molecule has 0 saturated heterocycles. The molecule has 0 spiro atoms. The predicted octanol–water partition coefficient (Wildman–Crippen LogP) is 3.07. The molecule has 0 atom stereocenters. The van der Waals surface area contributed by atoms with E-state index in [4.69, 9.17) is 20.2 Å². The van der Waals surface area contributed by atoms with E-state index in [1.54, 1.807) is 12.1 Å². The number of nitrogens with zero attached hydrogens (tertiary/aromatic N) is 2. The lowest BCUT2D eigenvalue weighted by molar-refractivity contribution is 0.309. The highest BCUT2D eigenvalue weighted by molar-refractivity contribution is 5.71. The first-order chi connectivity index (χ1) is 15.3. The summed E-state index contributed by atoms with van der Waals surface area (Å²) in [5.41, 5.74) is 10.6. The number of aryl methyl sites for hydroxylation is 3. The molecule has 0 aliphatic rings. The Bertz CT molecular complexity index is 1230. The van der Waals surface area contributed by atoms with Crippen molar-refractivity contribution in [3.05, 3.63) is 63.0 Å². The second-order valence-corrected chi connectivity index (χ2v) is 7.60. The number of aromatic nitrogens is 2. The second-order valence-electron chi connectivity index (χ2n) is 7.60. The largest absolute Gasteiger partial charge is 0.507 e. The molecule has 3 rings (SSSR count). The molecular formula is C24H30N4O4. The van der Waals surface area contributed by atoms with E-state index in [-0.39, 0.29) is 18.0 Å². The number of aromatic amines is 1. The summed E-state index contributed by atoms with van der Waals surface area (Å²) in [6, 6.07) is 8.93. The van der Waals surface area contributed by atoms with Gasteiger partial charge in [-0.25, -0.2) is 9.79 Å². The summed E-state index contributed by atoms with van der Waals surface area (Å²) in [6.07, 6.45) is 0. The molecule has 0 radical (unpaired) electrons. The van der Waals surface area contributed by atoms with Crippen molar-refractivity contribution >= 4 is 5.69 Å². The first-order valence-corrected chi connectivity index (χ1v) is 10.5. The third-order valence-corrected chi connectivity index (χ3v) is 5.12. The molecule has 0 saturated carbocycles. The van der Waals surface area contributed by atoms with E-state index in [2.05, 4.69) is 17.1 Å². The standard InChI is InChI=1S/C24H30N4O4/c1-6-32-21-13-19(29)17(11-20(21)31-5)18-12-22(28(8-7-25)24(30)26-18)27-23-15(3)9-14(2)10-16(23)4/h9-13,29H,6-8,25H2,1-5H3,(H,26,30)/b27-22+. The summed E-state index contributed by atoms with van der Waals surface area (Å²) in [5.74, 6) is 0.821. The normalized spacial score (nSPS) is 11.6. The van der Waals surface area contributed by atoms with Gasteiger partial charge in [-0.3, -0.25) is 4.57 Å². The average Bonchev–Trinajstić information content (AvgIpc) is 2.73. The first kappa shape index (κ1) is 23.1. The van der Waals surface area contributed by atoms with E-state index < -0.39 is 0 Å². The van der Waals surface area contributed by atoms with Crippen molar-refractivity contribution in [1.82, 2.24) is 9.55 Å². The fourth-order valence-electron chi connectivity index (χ4n) is 3.77. The van der Waals surface area contributed by atoms with E-state index >= 15 is 0 Å². The van der Waals surface area contributed by atoms with Gasteiger partial charge in [0.2, 0.25) is 0 Å². The van der Waals surface area contributed by atoms with Crippen LogP contribution in [-0.2, 0) is 6.54 Å². The summed E-state index contributed by atoms with van der Waals surface area (Å²) in [4.78, 5) is 20.6. The molecule has 8 nitrogen and oxygen atoms in total. The molecule has 170 valence electrons. The van der Waals surface area contributed by atoms with Gasteiger partial charge in [0.25, 0.3) is 0 Å². The zero-order chi connectivity index (χ0) is 23.4. The Hall–Kier alpha value is -3.52. The van der Waals surface area contributed by atoms with Gasteiger partial charge in [-0.15, -0.1) is 0 Å². The Balaban J connectivity index is 2.28. The lowest BCUT2D eigenvalue weighted by Gasteiger charge is -2.14. The molecule has 2 aromatic carbocycles. The third kappa shape index (κ3) is 4.70. The van der Waals surface area contributed by atoms with Crippen LogP contribution < -0.4 is 26.4 Å². The molecular weight excluding hydrogens is 408 g/mol. The number of methoxy groups -OCH3 is 1. The number of aromatic hydroxyl groups is 1. The Morgan fingerprint density at radius 2 is 1.78 bits per heavy atom. The van der Waals surface area contributed by atoms with Crippen LogP contribution in [0.4, 0.5) is 5.69 Å². The van der Waals surface area contributed by atoms with Crippen molar-refractivity contribution in [3.8, 4) is 28.5 Å². The minimum atomic E-state index is -0.374. The third-order valence-electron chi connectivity index (χ3n) is 5.12. The monoisotopic (exact) mass is 438 g/mol. The van der Waals surface area contributed by atoms with Gasteiger partial charge in [-0.2, -0.15) is 0 Å². The summed E-state index contributed by atoms with van der Waals surface area (Å²) in [7, 11) is 1.52. The van der Waals surface area contributed by atoms with Gasteiger partial charge < -0.3 is 25.3 Å². The molecule has 0 bridgehead atoms. The number of H-pyrrole nitrogens is 1. The van der Waals surface area contributed by atoms with E-state index in [1.807, 2.05) is 27.7 Å². The Morgan fingerprint density at radius 1 is 1.09 bits per heavy atom. The van der Waals surface area contributed by atoms with Crippen molar-refractivity contribution in [2.45, 2.75) is 34.2 Å². The highest BCUT2D eigenvalue weighted by Crippen LogP contribution is 2.38. The Kier molecular flexibility index (Phi) is 7.05. The predicted molar refractivity (Wildman–Crippen MR) is 125 cm³/mol. The van der Waals surface area contributed by atoms with E-state index in [0.29, 0.717) is 41.4 Å². The highest BCUT2D eigenvalue weighted by atomic mass is 16.5. The summed E-state index contributed by atoms with van der Waals surface area (Å²) >= 11 is 0. The topological polar surface area (TPSA) is 115 Å². The second kappa shape index (κ2) is 9.74. The molecule has 1 heterocycles. The van der Waals surface area contributed by atoms with Crippen LogP contribution >= 0.6 is 0 Å². The molecule has 8 heteroatoms. The van der Waals surface area contributed by atoms with Crippen LogP contribution in [0.15, 0.2) is 40.1 Å². The number of hydrogen-bond acceptors (Lipinski definition) is 6. The molecule has 32 heavy (non-hydrogen) atoms. The number of phenols is 1. The van der Waals surface area contributed by atoms with Crippen LogP contribution in [0.5, 0.6) is 17.2 Å². The molecule has 0 unspecified atom stereocenters. The van der Waals surface area contributed by atoms with Gasteiger partial charge >= 0.3 is 5.69 Å². The van der Waals surface area contributed by atoms with E-state index in [9.17, 15) is 9.90 Å². The average molecular weight is 439 g/mol. The highest BCUT2D eigenvalue weighted by Gasteiger charge is 2.15. The quantitative estimate of drug-likeness (QED) is 0.524. The Labute approximate surface area is 187 Å². The van der Waals surface area contributed by atoms with Gasteiger partial charge in [0.05, 0.1) is 25.1 Å². The minimum Gasteiger partial charge on any atom is -0.507 e. The van der Waals surface area contributed by atoms with Crippen molar-refractivity contribution < 1.29 is 14.6 Å². The maximum Gasteiger partial charge on any atom is 0.327 e. The Morgan fingerprint density at radius 3 is 2.38 bits per heavy atom. The lowest BCUT2D eigenvalue weighted by atomic mass is 10.1. The molecule has 0 aliphatic heterocycles. The van der Waals surface area contributed by atoms with Crippen LogP contribution in [0, 0.1) is 20.8 Å². The molecule has 0 fully saturated rings. The fourth-order valence-corrected chi connectivity index (χ4v) is 3.77. The lowest BCUT2D eigenvalue weighted by Crippen LogP contribution is -2.37. The van der Waals surface area contributed by atoms with E-state index in [0.717, 1.165) is 22.4 Å². The smallest absolute Gasteiger partial charge is 0.327 e. The van der Waals surface area contributed by atoms with Crippen LogP contribution in [-0.4, -0.2) is 34.9 Å². The van der Waals surface area contributed by atoms with Crippen LogP contribution in [0.25, 0.3) is 11.3 Å². The molecule has 4 N–H and O–H groups in total. The maximum atomic E-state index is 12.9. The number of benzene rings is 2. The van der Waals surface area contributed by atoms with Crippen molar-refractivity contribution in [2.24, 2.45) is 10.7 Å². The summed E-state index contributed by atoms with van der Waals surface area (Å²) in [5, 5.41) is 10.6. The van der Waals surface area contributed by atoms with Gasteiger partial charge in [0, 0.05) is 30.8 Å². The number of ether oxygens (including phenoxy) is 2. The fraction of sp³-hybridized carbons (Fsp3) is 0.333. The number of nitrogens with two attached hydrogens (primary N) is 1. The first-order valence-electron chi connectivity index (χ1n) is 10.5. The van der Waals surface area contributed by atoms with Crippen molar-refractivity contribution in [2.75, 3.05) is 20.3 Å². The van der Waals surface area contributed by atoms with Gasteiger partial charge in [-0.05, 0) is 44.9 Å². The minimum absolute atomic E-state index is 0.0462. The van der Waals surface area contributed by atoms with Crippen LogP contribution in [0.2, 0.25) is 0 Å². The zero-order valence-corrected chi connectivity index (χ0v) is 19.2. The molecule has 3 aromatic rings. The van der Waals surface area contributed by atoms with Crippen molar-refractivity contribution in [3.63, 3.8) is 0 Å². The summed E-state index contributed by atoms with van der Waals surface area (Å²) in [6.45, 7) is 8.87. The number of phenolic OH excluding ortho intramolecular Hbond substituents is 1. The number of hydrogen-bond donors (Lipinski definition) is 3. The van der Waals surface area contributed by atoms with Gasteiger partial charge in [-0.1, -0.05) is 17.7 Å². The zero-order valence-electron chi connectivity index (χ0n) is 19.2. The van der Waals surface area contributed by atoms with Crippen molar-refractivity contribution in [1.29, 1.82) is 0 Å². The van der Waals surface area contributed by atoms with E-state index in [1.165, 1.54) is 17.7 Å². The van der Waals surface area contributed by atoms with Crippen LogP contribution in [0.1, 0.15) is 23.6 Å². The van der Waals surface area contributed by atoms with Gasteiger partial charge in [0.1, 0.15) is 11.2 Å². The number of nitrogens with one attached hydrogen (secondary N) is 1. The maximum absolute atomic E-state index is 12.9. The molecule has 0 amide bonds. The van der Waals surface area contributed by atoms with Gasteiger partial charge in [0.15, 0.2) is 11.5 Å². The molecule has 0 aliphatic carbocycles. The summed E-state index contributed by atoms with van der Waals surface area (Å²) < 4.78 is 12.4. The molecule has 1 aromatic heterocycles. The number of rotatable bonds is 7.